The Labute approximate surface area is 156 Å². The summed E-state index contributed by atoms with van der Waals surface area (Å²) in [6.07, 6.45) is 3.17. The van der Waals surface area contributed by atoms with Crippen LogP contribution in [0.1, 0.15) is 53.2 Å². The molecule has 0 unspecified atom stereocenters. The molecule has 0 radical (unpaired) electrons. The second-order valence-corrected chi connectivity index (χ2v) is 6.92. The van der Waals surface area contributed by atoms with Crippen molar-refractivity contribution in [2.45, 2.75) is 32.7 Å². The van der Waals surface area contributed by atoms with Crippen molar-refractivity contribution in [3.05, 3.63) is 41.5 Å². The zero-order valence-corrected chi connectivity index (χ0v) is 15.2. The maximum absolute atomic E-state index is 12.6. The number of carbonyl (C=O) groups excluding carboxylic acids is 2. The minimum absolute atomic E-state index is 0.0640. The van der Waals surface area contributed by atoms with E-state index in [0.29, 0.717) is 29.5 Å². The number of nitrogens with zero attached hydrogens (tertiary/aromatic N) is 3. The van der Waals surface area contributed by atoms with Gasteiger partial charge in [0.1, 0.15) is 23.8 Å². The number of nitrogens with one attached hydrogen (secondary N) is 1. The van der Waals surface area contributed by atoms with Crippen molar-refractivity contribution < 1.29 is 14.3 Å². The smallest absolute Gasteiger partial charge is 0.271 e. The van der Waals surface area contributed by atoms with Crippen molar-refractivity contribution in [3.63, 3.8) is 0 Å². The topological polar surface area (TPSA) is 123 Å². The van der Waals surface area contributed by atoms with Gasteiger partial charge in [0.2, 0.25) is 0 Å². The number of aromatic nitrogens is 2. The Morgan fingerprint density at radius 3 is 2.78 bits per heavy atom. The molecule has 1 aromatic carbocycles. The quantitative estimate of drug-likeness (QED) is 0.772. The third-order valence-corrected chi connectivity index (χ3v) is 4.06. The number of nitriles is 1. The van der Waals surface area contributed by atoms with Gasteiger partial charge in [-0.15, -0.1) is 0 Å². The Kier molecular flexibility index (Phi) is 5.12. The zero-order chi connectivity index (χ0) is 19.6. The molecule has 2 amide bonds. The molecule has 8 heteroatoms. The molecular formula is C19H21N5O3. The third kappa shape index (κ3) is 4.08. The highest BCUT2D eigenvalue weighted by molar-refractivity contribution is 6.05. The minimum atomic E-state index is -0.785. The van der Waals surface area contributed by atoms with E-state index in [9.17, 15) is 14.9 Å². The maximum atomic E-state index is 12.6. The van der Waals surface area contributed by atoms with Crippen molar-refractivity contribution in [1.29, 1.82) is 5.26 Å². The van der Waals surface area contributed by atoms with E-state index in [-0.39, 0.29) is 17.4 Å². The van der Waals surface area contributed by atoms with Crippen LogP contribution >= 0.6 is 0 Å². The average molecular weight is 367 g/mol. The van der Waals surface area contributed by atoms with Crippen molar-refractivity contribution in [2.24, 2.45) is 11.7 Å². The highest BCUT2D eigenvalue weighted by Crippen LogP contribution is 2.25. The molecule has 8 nitrogen and oxygen atoms in total. The van der Waals surface area contributed by atoms with Crippen molar-refractivity contribution in [2.75, 3.05) is 6.61 Å². The molecule has 27 heavy (non-hydrogen) atoms. The van der Waals surface area contributed by atoms with Gasteiger partial charge in [0, 0.05) is 11.7 Å². The molecular weight excluding hydrogens is 346 g/mol. The number of nitrogens with two attached hydrogens (primary N) is 1. The predicted molar refractivity (Wildman–Crippen MR) is 97.6 cm³/mol. The first-order valence-corrected chi connectivity index (χ1v) is 8.76. The molecule has 1 aromatic heterocycles. The van der Waals surface area contributed by atoms with Crippen LogP contribution in [0, 0.1) is 17.2 Å². The first-order chi connectivity index (χ1) is 12.9. The van der Waals surface area contributed by atoms with Crippen molar-refractivity contribution >= 4 is 11.8 Å². The lowest BCUT2D eigenvalue weighted by molar-refractivity contribution is 0.0926. The van der Waals surface area contributed by atoms with Crippen LogP contribution in [0.2, 0.25) is 0 Å². The van der Waals surface area contributed by atoms with Gasteiger partial charge in [-0.05, 0) is 37.0 Å². The van der Waals surface area contributed by atoms with E-state index in [2.05, 4.69) is 16.4 Å². The number of hydrogen-bond donors (Lipinski definition) is 2. The first-order valence-electron chi connectivity index (χ1n) is 8.76. The van der Waals surface area contributed by atoms with Gasteiger partial charge >= 0.3 is 0 Å². The van der Waals surface area contributed by atoms with Crippen molar-refractivity contribution in [1.82, 2.24) is 14.9 Å². The summed E-state index contributed by atoms with van der Waals surface area (Å²) in [7, 11) is 0. The van der Waals surface area contributed by atoms with Gasteiger partial charge in [-0.3, -0.25) is 14.2 Å². The Morgan fingerprint density at radius 2 is 2.19 bits per heavy atom. The molecule has 1 fully saturated rings. The maximum Gasteiger partial charge on any atom is 0.271 e. The number of amides is 2. The van der Waals surface area contributed by atoms with Gasteiger partial charge in [-0.2, -0.15) is 5.26 Å². The standard InChI is InChI=1S/C19H21N5O3/c1-11(2)9-27-15-6-5-14(7-12(15)8-20)24-10-22-16(18(21)25)17(24)19(26)23-13-3-4-13/h5-7,10-11,13H,3-4,9H2,1-2H3,(H2,21,25)(H,23,26). The van der Waals surface area contributed by atoms with Crippen LogP contribution in [-0.4, -0.2) is 34.0 Å². The second-order valence-electron chi connectivity index (χ2n) is 6.92. The van der Waals surface area contributed by atoms with Gasteiger partial charge in [-0.1, -0.05) is 13.8 Å². The number of carbonyl (C=O) groups is 2. The molecule has 0 atom stereocenters. The van der Waals surface area contributed by atoms with E-state index in [4.69, 9.17) is 10.5 Å². The molecule has 1 saturated carbocycles. The summed E-state index contributed by atoms with van der Waals surface area (Å²) in [5.41, 5.74) is 6.18. The van der Waals surface area contributed by atoms with E-state index >= 15 is 0 Å². The van der Waals surface area contributed by atoms with Gasteiger partial charge in [0.05, 0.1) is 12.2 Å². The lowest BCUT2D eigenvalue weighted by Gasteiger charge is -2.13. The van der Waals surface area contributed by atoms with Gasteiger partial charge in [-0.25, -0.2) is 4.98 Å². The molecule has 0 spiro atoms. The summed E-state index contributed by atoms with van der Waals surface area (Å²) in [6, 6.07) is 7.18. The van der Waals surface area contributed by atoms with Gasteiger partial charge in [0.25, 0.3) is 11.8 Å². The monoisotopic (exact) mass is 367 g/mol. The van der Waals surface area contributed by atoms with Gasteiger partial charge in [0.15, 0.2) is 5.69 Å². The summed E-state index contributed by atoms with van der Waals surface area (Å²) in [5, 5.41) is 12.3. The second kappa shape index (κ2) is 7.50. The number of ether oxygens (including phenoxy) is 1. The molecule has 2 aromatic rings. The van der Waals surface area contributed by atoms with Crippen molar-refractivity contribution in [3.8, 4) is 17.5 Å². The molecule has 1 aliphatic rings. The fraction of sp³-hybridized carbons (Fsp3) is 0.368. The van der Waals surface area contributed by atoms with Crippen LogP contribution in [0.3, 0.4) is 0 Å². The van der Waals surface area contributed by atoms with E-state index in [1.165, 1.54) is 10.9 Å². The largest absolute Gasteiger partial charge is 0.492 e. The Morgan fingerprint density at radius 1 is 1.44 bits per heavy atom. The number of rotatable bonds is 7. The number of primary amides is 1. The summed E-state index contributed by atoms with van der Waals surface area (Å²) in [4.78, 5) is 28.3. The zero-order valence-electron chi connectivity index (χ0n) is 15.2. The summed E-state index contributed by atoms with van der Waals surface area (Å²) in [6.45, 7) is 4.52. The lowest BCUT2D eigenvalue weighted by atomic mass is 10.1. The molecule has 3 rings (SSSR count). The Bertz CT molecular complexity index is 922. The van der Waals surface area contributed by atoms with Gasteiger partial charge < -0.3 is 15.8 Å². The lowest BCUT2D eigenvalue weighted by Crippen LogP contribution is -2.30. The highest BCUT2D eigenvalue weighted by atomic mass is 16.5. The third-order valence-electron chi connectivity index (χ3n) is 4.06. The first kappa shape index (κ1) is 18.5. The predicted octanol–water partition coefficient (Wildman–Crippen LogP) is 1.77. The Balaban J connectivity index is 1.99. The molecule has 0 aliphatic heterocycles. The molecule has 0 saturated heterocycles. The highest BCUT2D eigenvalue weighted by Gasteiger charge is 2.29. The summed E-state index contributed by atoms with van der Waals surface area (Å²) < 4.78 is 7.12. The van der Waals surface area contributed by atoms with E-state index in [1.54, 1.807) is 18.2 Å². The summed E-state index contributed by atoms with van der Waals surface area (Å²) in [5.74, 6) is -0.413. The van der Waals surface area contributed by atoms with E-state index < -0.39 is 11.8 Å². The Hall–Kier alpha value is -3.34. The molecule has 140 valence electrons. The van der Waals surface area contributed by atoms with Crippen LogP contribution in [0.4, 0.5) is 0 Å². The van der Waals surface area contributed by atoms with Crippen LogP contribution in [-0.2, 0) is 0 Å². The molecule has 1 aliphatic carbocycles. The molecule has 1 heterocycles. The van der Waals surface area contributed by atoms with E-state index in [0.717, 1.165) is 12.8 Å². The molecule has 3 N–H and O–H groups in total. The fourth-order valence-electron chi connectivity index (χ4n) is 2.56. The van der Waals surface area contributed by atoms with E-state index in [1.807, 2.05) is 13.8 Å². The van der Waals surface area contributed by atoms with Crippen LogP contribution in [0.15, 0.2) is 24.5 Å². The van der Waals surface area contributed by atoms with Crippen LogP contribution in [0.5, 0.6) is 5.75 Å². The SMILES string of the molecule is CC(C)COc1ccc(-n2cnc(C(N)=O)c2C(=O)NC2CC2)cc1C#N. The minimum Gasteiger partial charge on any atom is -0.492 e. The average Bonchev–Trinajstić information content (AvgIpc) is 3.32. The summed E-state index contributed by atoms with van der Waals surface area (Å²) >= 11 is 0. The normalized spacial score (nSPS) is 13.3. The fourth-order valence-corrected chi connectivity index (χ4v) is 2.56. The number of benzene rings is 1. The molecule has 0 bridgehead atoms. The number of hydrogen-bond acceptors (Lipinski definition) is 5. The number of imidazole rings is 1. The van der Waals surface area contributed by atoms with Crippen LogP contribution in [0.25, 0.3) is 5.69 Å². The van der Waals surface area contributed by atoms with Crippen LogP contribution < -0.4 is 15.8 Å².